The van der Waals surface area contributed by atoms with Crippen LogP contribution in [0.15, 0.2) is 18.2 Å². The number of benzene rings is 1. The molecule has 0 heterocycles. The van der Waals surface area contributed by atoms with Crippen LogP contribution in [0.2, 0.25) is 0 Å². The molecule has 104 valence electrons. The molecule has 19 heavy (non-hydrogen) atoms. The van der Waals surface area contributed by atoms with Crippen molar-refractivity contribution in [3.05, 3.63) is 29.3 Å². The highest BCUT2D eigenvalue weighted by Gasteiger charge is 2.33. The molecule has 1 unspecified atom stereocenters. The molecule has 0 spiro atoms. The first-order chi connectivity index (χ1) is 8.88. The second kappa shape index (κ2) is 6.57. The van der Waals surface area contributed by atoms with Gasteiger partial charge in [0.2, 0.25) is 0 Å². The van der Waals surface area contributed by atoms with Crippen LogP contribution in [-0.4, -0.2) is 22.3 Å². The van der Waals surface area contributed by atoms with E-state index in [1.807, 2.05) is 0 Å². The number of hydrogen-bond acceptors (Lipinski definition) is 3. The van der Waals surface area contributed by atoms with Crippen LogP contribution in [0.4, 0.5) is 18.9 Å². The van der Waals surface area contributed by atoms with E-state index in [-0.39, 0.29) is 0 Å². The summed E-state index contributed by atoms with van der Waals surface area (Å²) in [6, 6.07) is 4.82. The first kappa shape index (κ1) is 15.5. The molecular weight excluding hydrogens is 277 g/mol. The summed E-state index contributed by atoms with van der Waals surface area (Å²) in [6.45, 7) is 2.18. The van der Waals surface area contributed by atoms with Gasteiger partial charge in [0.15, 0.2) is 0 Å². The highest BCUT2D eigenvalue weighted by Crippen LogP contribution is 2.32. The number of rotatable bonds is 5. The number of nitriles is 1. The van der Waals surface area contributed by atoms with E-state index in [0.29, 0.717) is 23.7 Å². The van der Waals surface area contributed by atoms with Crippen LogP contribution in [0.25, 0.3) is 0 Å². The lowest BCUT2D eigenvalue weighted by atomic mass is 10.1. The Balaban J connectivity index is 2.79. The average Bonchev–Trinajstić information content (AvgIpc) is 2.37. The molecule has 1 atom stereocenters. The third kappa shape index (κ3) is 4.56. The zero-order valence-electron chi connectivity index (χ0n) is 10.3. The molecule has 0 aliphatic carbocycles. The molecule has 0 bridgehead atoms. The van der Waals surface area contributed by atoms with E-state index >= 15 is 0 Å². The maximum Gasteiger partial charge on any atom is 0.417 e. The number of anilines is 1. The summed E-state index contributed by atoms with van der Waals surface area (Å²) in [6.07, 6.45) is -4.53. The second-order valence-corrected chi connectivity index (χ2v) is 5.59. The molecular formula is C12H13F3N2OS. The molecule has 0 aromatic heterocycles. The van der Waals surface area contributed by atoms with E-state index in [9.17, 15) is 17.4 Å². The number of hydrogen-bond donors (Lipinski definition) is 1. The summed E-state index contributed by atoms with van der Waals surface area (Å²) in [5, 5.41) is 11.6. The number of nitrogens with one attached hydrogen (secondary N) is 1. The summed E-state index contributed by atoms with van der Waals surface area (Å²) in [7, 11) is -0.934. The van der Waals surface area contributed by atoms with E-state index in [2.05, 4.69) is 5.32 Å². The quantitative estimate of drug-likeness (QED) is 0.907. The number of halogens is 3. The zero-order chi connectivity index (χ0) is 14.5. The fraction of sp³-hybridized carbons (Fsp3) is 0.417. The minimum atomic E-state index is -4.53. The number of alkyl halides is 3. The molecule has 3 nitrogen and oxygen atoms in total. The second-order valence-electron chi connectivity index (χ2n) is 3.73. The van der Waals surface area contributed by atoms with E-state index in [1.54, 1.807) is 6.92 Å². The normalized spacial score (nSPS) is 12.8. The number of nitrogens with zero attached hydrogens (tertiary/aromatic N) is 1. The van der Waals surface area contributed by atoms with Gasteiger partial charge in [-0.05, 0) is 18.2 Å². The summed E-state index contributed by atoms with van der Waals surface area (Å²) in [4.78, 5) is 0. The van der Waals surface area contributed by atoms with Gasteiger partial charge in [-0.2, -0.15) is 18.4 Å². The van der Waals surface area contributed by atoms with E-state index < -0.39 is 28.1 Å². The van der Waals surface area contributed by atoms with Crippen LogP contribution < -0.4 is 5.32 Å². The lowest BCUT2D eigenvalue weighted by molar-refractivity contribution is -0.137. The first-order valence-electron chi connectivity index (χ1n) is 5.58. The van der Waals surface area contributed by atoms with Gasteiger partial charge in [0.1, 0.15) is 0 Å². The van der Waals surface area contributed by atoms with Crippen molar-refractivity contribution >= 4 is 16.5 Å². The molecule has 1 aromatic rings. The highest BCUT2D eigenvalue weighted by atomic mass is 32.2. The summed E-state index contributed by atoms with van der Waals surface area (Å²) in [5.74, 6) is 0.956. The summed E-state index contributed by atoms with van der Waals surface area (Å²) >= 11 is 0. The Morgan fingerprint density at radius 2 is 2.11 bits per heavy atom. The van der Waals surface area contributed by atoms with Gasteiger partial charge in [0.25, 0.3) is 0 Å². The van der Waals surface area contributed by atoms with Crippen LogP contribution in [0.3, 0.4) is 0 Å². The highest BCUT2D eigenvalue weighted by molar-refractivity contribution is 7.84. The molecule has 0 fully saturated rings. The van der Waals surface area contributed by atoms with Crippen molar-refractivity contribution in [2.45, 2.75) is 13.1 Å². The predicted octanol–water partition coefficient (Wildman–Crippen LogP) is 2.76. The average molecular weight is 290 g/mol. The van der Waals surface area contributed by atoms with Crippen LogP contribution in [0.1, 0.15) is 18.1 Å². The Morgan fingerprint density at radius 3 is 2.63 bits per heavy atom. The third-order valence-corrected chi connectivity index (χ3v) is 3.73. The fourth-order valence-corrected chi connectivity index (χ4v) is 2.07. The van der Waals surface area contributed by atoms with Crippen molar-refractivity contribution in [3.63, 3.8) is 0 Å². The van der Waals surface area contributed by atoms with Crippen molar-refractivity contribution in [3.8, 4) is 6.07 Å². The molecule has 0 aliphatic heterocycles. The van der Waals surface area contributed by atoms with Gasteiger partial charge in [-0.3, -0.25) is 4.21 Å². The van der Waals surface area contributed by atoms with Crippen LogP contribution >= 0.6 is 0 Å². The van der Waals surface area contributed by atoms with Crippen LogP contribution in [0, 0.1) is 11.3 Å². The Labute approximate surface area is 111 Å². The standard InChI is InChI=1S/C12H13F3N2OS/c1-2-19(18)6-5-17-10-3-4-11(12(13,14)15)9(7-10)8-16/h3-4,7,17H,2,5-6H2,1H3. The van der Waals surface area contributed by atoms with Gasteiger partial charge in [-0.25, -0.2) is 0 Å². The van der Waals surface area contributed by atoms with Gasteiger partial charge in [-0.1, -0.05) is 6.92 Å². The maximum atomic E-state index is 12.6. The maximum absolute atomic E-state index is 12.6. The van der Waals surface area contributed by atoms with Crippen molar-refractivity contribution < 1.29 is 17.4 Å². The third-order valence-electron chi connectivity index (χ3n) is 2.43. The van der Waals surface area contributed by atoms with Crippen molar-refractivity contribution in [1.82, 2.24) is 0 Å². The Morgan fingerprint density at radius 1 is 1.42 bits per heavy atom. The Bertz CT molecular complexity index is 509. The molecule has 1 aromatic carbocycles. The molecule has 1 rings (SSSR count). The van der Waals surface area contributed by atoms with E-state index in [4.69, 9.17) is 5.26 Å². The van der Waals surface area contributed by atoms with Gasteiger partial charge >= 0.3 is 6.18 Å². The minimum Gasteiger partial charge on any atom is -0.384 e. The molecule has 0 aliphatic rings. The van der Waals surface area contributed by atoms with Crippen LogP contribution in [-0.2, 0) is 17.0 Å². The molecule has 0 saturated carbocycles. The first-order valence-corrected chi connectivity index (χ1v) is 7.07. The minimum absolute atomic E-state index is 0.386. The molecule has 0 saturated heterocycles. The van der Waals surface area contributed by atoms with Gasteiger partial charge in [-0.15, -0.1) is 0 Å². The topological polar surface area (TPSA) is 52.9 Å². The van der Waals surface area contributed by atoms with Crippen molar-refractivity contribution in [1.29, 1.82) is 5.26 Å². The fourth-order valence-electron chi connectivity index (χ4n) is 1.45. The summed E-state index contributed by atoms with van der Waals surface area (Å²) < 4.78 is 48.9. The van der Waals surface area contributed by atoms with Crippen molar-refractivity contribution in [2.24, 2.45) is 0 Å². The smallest absolute Gasteiger partial charge is 0.384 e. The Kier molecular flexibility index (Phi) is 5.36. The van der Waals surface area contributed by atoms with Crippen molar-refractivity contribution in [2.75, 3.05) is 23.4 Å². The lowest BCUT2D eigenvalue weighted by Gasteiger charge is -2.11. The molecule has 1 N–H and O–H groups in total. The molecule has 7 heteroatoms. The van der Waals surface area contributed by atoms with E-state index in [0.717, 1.165) is 12.1 Å². The monoisotopic (exact) mass is 290 g/mol. The zero-order valence-corrected chi connectivity index (χ0v) is 11.1. The van der Waals surface area contributed by atoms with Gasteiger partial charge in [0.05, 0.1) is 17.2 Å². The predicted molar refractivity (Wildman–Crippen MR) is 68.2 cm³/mol. The Hall–Kier alpha value is -1.55. The molecule has 0 amide bonds. The van der Waals surface area contributed by atoms with E-state index in [1.165, 1.54) is 12.1 Å². The van der Waals surface area contributed by atoms with Crippen LogP contribution in [0.5, 0.6) is 0 Å². The van der Waals surface area contributed by atoms with Gasteiger partial charge < -0.3 is 5.32 Å². The largest absolute Gasteiger partial charge is 0.417 e. The lowest BCUT2D eigenvalue weighted by Crippen LogP contribution is -2.13. The SMILES string of the molecule is CCS(=O)CCNc1ccc(C(F)(F)F)c(C#N)c1. The summed E-state index contributed by atoms with van der Waals surface area (Å²) in [5.41, 5.74) is -0.954. The van der Waals surface area contributed by atoms with Gasteiger partial charge in [0, 0.05) is 34.5 Å². The molecule has 0 radical (unpaired) electrons.